The number of carbonyl (C=O) groups is 2. The molecule has 0 aliphatic rings. The van der Waals surface area contributed by atoms with Gasteiger partial charge >= 0.3 is 0 Å². The Bertz CT molecular complexity index is 1260. The fourth-order valence-corrected chi connectivity index (χ4v) is 4.22. The minimum atomic E-state index is -3.93. The molecule has 0 saturated carbocycles. The molecule has 3 aromatic carbocycles. The van der Waals surface area contributed by atoms with Crippen LogP contribution in [0, 0.1) is 0 Å². The van der Waals surface area contributed by atoms with Gasteiger partial charge in [-0.1, -0.05) is 18.2 Å². The van der Waals surface area contributed by atoms with Gasteiger partial charge in [0.2, 0.25) is 5.91 Å². The Hall–Kier alpha value is -4.05. The number of amides is 2. The van der Waals surface area contributed by atoms with E-state index in [0.29, 0.717) is 24.5 Å². The van der Waals surface area contributed by atoms with Gasteiger partial charge in [-0.25, -0.2) is 8.42 Å². The number of hydrazine groups is 1. The third kappa shape index (κ3) is 7.47. The minimum absolute atomic E-state index is 0.0782. The molecule has 9 nitrogen and oxygen atoms in total. The number of ether oxygens (including phenoxy) is 2. The minimum Gasteiger partial charge on any atom is -0.497 e. The Morgan fingerprint density at radius 3 is 2.23 bits per heavy atom. The van der Waals surface area contributed by atoms with Crippen LogP contribution in [0.4, 0.5) is 5.69 Å². The molecule has 3 N–H and O–H groups in total. The lowest BCUT2D eigenvalue weighted by atomic mass is 10.1. The molecule has 0 unspecified atom stereocenters. The summed E-state index contributed by atoms with van der Waals surface area (Å²) in [5.41, 5.74) is 6.05. The monoisotopic (exact) mass is 497 g/mol. The first kappa shape index (κ1) is 25.6. The van der Waals surface area contributed by atoms with E-state index in [1.54, 1.807) is 24.3 Å². The standard InChI is InChI=1S/C25H27N3O6S/c1-3-34-22-12-7-18(8-13-22)9-16-24(29)26-27-25(30)19-5-4-6-23(17-19)35(31,32)28-20-10-14-21(33-2)15-11-20/h4-8,10-15,17,28H,3,9,16H2,1-2H3,(H,26,29)(H,27,30). The van der Waals surface area contributed by atoms with Gasteiger partial charge in [-0.3, -0.25) is 25.2 Å². The van der Waals surface area contributed by atoms with Crippen LogP contribution in [-0.2, 0) is 21.2 Å². The molecule has 0 aromatic heterocycles. The van der Waals surface area contributed by atoms with Crippen molar-refractivity contribution in [1.29, 1.82) is 0 Å². The van der Waals surface area contributed by atoms with Gasteiger partial charge in [-0.05, 0) is 73.5 Å². The molecule has 3 aromatic rings. The second kappa shape index (κ2) is 11.9. The zero-order valence-corrected chi connectivity index (χ0v) is 20.2. The highest BCUT2D eigenvalue weighted by atomic mass is 32.2. The maximum atomic E-state index is 12.7. The molecule has 0 spiro atoms. The highest BCUT2D eigenvalue weighted by Crippen LogP contribution is 2.20. The molecule has 0 heterocycles. The summed E-state index contributed by atoms with van der Waals surface area (Å²) in [4.78, 5) is 24.5. The van der Waals surface area contributed by atoms with Crippen LogP contribution in [-0.4, -0.2) is 33.9 Å². The van der Waals surface area contributed by atoms with E-state index in [-0.39, 0.29) is 22.8 Å². The van der Waals surface area contributed by atoms with E-state index in [2.05, 4.69) is 15.6 Å². The second-order valence-corrected chi connectivity index (χ2v) is 9.12. The number of sulfonamides is 1. The molecule has 0 bridgehead atoms. The van der Waals surface area contributed by atoms with E-state index in [1.165, 1.54) is 31.4 Å². The van der Waals surface area contributed by atoms with Gasteiger partial charge in [0, 0.05) is 17.7 Å². The number of methoxy groups -OCH3 is 1. The molecule has 0 radical (unpaired) electrons. The Kier molecular flexibility index (Phi) is 8.69. The van der Waals surface area contributed by atoms with Crippen molar-refractivity contribution < 1.29 is 27.5 Å². The lowest BCUT2D eigenvalue weighted by Gasteiger charge is -2.11. The van der Waals surface area contributed by atoms with Crippen molar-refractivity contribution in [3.05, 3.63) is 83.9 Å². The topological polar surface area (TPSA) is 123 Å². The zero-order valence-electron chi connectivity index (χ0n) is 19.4. The van der Waals surface area contributed by atoms with Gasteiger partial charge in [0.05, 0.1) is 18.6 Å². The maximum absolute atomic E-state index is 12.7. The van der Waals surface area contributed by atoms with E-state index in [9.17, 15) is 18.0 Å². The van der Waals surface area contributed by atoms with Crippen molar-refractivity contribution in [3.63, 3.8) is 0 Å². The summed E-state index contributed by atoms with van der Waals surface area (Å²) in [6, 6.07) is 19.3. The summed E-state index contributed by atoms with van der Waals surface area (Å²) < 4.78 is 38.3. The van der Waals surface area contributed by atoms with Gasteiger partial charge in [-0.2, -0.15) is 0 Å². The molecule has 2 amide bonds. The first-order valence-corrected chi connectivity index (χ1v) is 12.4. The van der Waals surface area contributed by atoms with E-state index < -0.39 is 15.9 Å². The summed E-state index contributed by atoms with van der Waals surface area (Å²) in [6.45, 7) is 2.48. The van der Waals surface area contributed by atoms with Crippen LogP contribution < -0.4 is 25.0 Å². The predicted molar refractivity (Wildman–Crippen MR) is 132 cm³/mol. The molecular weight excluding hydrogens is 470 g/mol. The third-order valence-electron chi connectivity index (χ3n) is 4.94. The molecule has 0 saturated heterocycles. The van der Waals surface area contributed by atoms with E-state index in [1.807, 2.05) is 31.2 Å². The lowest BCUT2D eigenvalue weighted by molar-refractivity contribution is -0.121. The Morgan fingerprint density at radius 1 is 0.886 bits per heavy atom. The number of hydrogen-bond donors (Lipinski definition) is 3. The third-order valence-corrected chi connectivity index (χ3v) is 6.32. The fraction of sp³-hybridized carbons (Fsp3) is 0.200. The quantitative estimate of drug-likeness (QED) is 0.370. The number of benzene rings is 3. The molecule has 0 aliphatic heterocycles. The summed E-state index contributed by atoms with van der Waals surface area (Å²) in [5, 5.41) is 0. The number of hydrogen-bond acceptors (Lipinski definition) is 6. The summed E-state index contributed by atoms with van der Waals surface area (Å²) in [7, 11) is -2.42. The Balaban J connectivity index is 1.54. The molecule has 35 heavy (non-hydrogen) atoms. The number of nitrogens with one attached hydrogen (secondary N) is 3. The average Bonchev–Trinajstić information content (AvgIpc) is 2.87. The van der Waals surface area contributed by atoms with E-state index in [0.717, 1.165) is 11.3 Å². The van der Waals surface area contributed by atoms with Crippen LogP contribution in [0.25, 0.3) is 0 Å². The molecular formula is C25H27N3O6S. The number of anilines is 1. The summed E-state index contributed by atoms with van der Waals surface area (Å²) in [6.07, 6.45) is 0.646. The molecule has 0 atom stereocenters. The Morgan fingerprint density at radius 2 is 1.57 bits per heavy atom. The van der Waals surface area contributed by atoms with Crippen molar-refractivity contribution >= 4 is 27.5 Å². The average molecular weight is 498 g/mol. The van der Waals surface area contributed by atoms with Gasteiger partial charge < -0.3 is 9.47 Å². The van der Waals surface area contributed by atoms with Crippen molar-refractivity contribution in [2.24, 2.45) is 0 Å². The lowest BCUT2D eigenvalue weighted by Crippen LogP contribution is -2.41. The van der Waals surface area contributed by atoms with Crippen molar-refractivity contribution in [2.45, 2.75) is 24.7 Å². The Labute approximate surface area is 204 Å². The molecule has 184 valence electrons. The largest absolute Gasteiger partial charge is 0.497 e. The molecule has 3 rings (SSSR count). The first-order chi connectivity index (χ1) is 16.8. The van der Waals surface area contributed by atoms with Gasteiger partial charge in [0.1, 0.15) is 11.5 Å². The summed E-state index contributed by atoms with van der Waals surface area (Å²) in [5.74, 6) is 0.336. The van der Waals surface area contributed by atoms with Crippen LogP contribution in [0.15, 0.2) is 77.7 Å². The SMILES string of the molecule is CCOc1ccc(CCC(=O)NNC(=O)c2cccc(S(=O)(=O)Nc3ccc(OC)cc3)c2)cc1. The zero-order chi connectivity index (χ0) is 25.3. The van der Waals surface area contributed by atoms with Crippen LogP contribution in [0.3, 0.4) is 0 Å². The number of aryl methyl sites for hydroxylation is 1. The summed E-state index contributed by atoms with van der Waals surface area (Å²) >= 11 is 0. The van der Waals surface area contributed by atoms with Crippen molar-refractivity contribution in [1.82, 2.24) is 10.9 Å². The van der Waals surface area contributed by atoms with Gasteiger partial charge in [0.25, 0.3) is 15.9 Å². The second-order valence-electron chi connectivity index (χ2n) is 7.44. The smallest absolute Gasteiger partial charge is 0.269 e. The highest BCUT2D eigenvalue weighted by Gasteiger charge is 2.17. The van der Waals surface area contributed by atoms with E-state index in [4.69, 9.17) is 9.47 Å². The number of rotatable bonds is 10. The maximum Gasteiger partial charge on any atom is 0.269 e. The number of carbonyl (C=O) groups excluding carboxylic acids is 2. The van der Waals surface area contributed by atoms with Crippen molar-refractivity contribution in [3.8, 4) is 11.5 Å². The normalized spacial score (nSPS) is 10.8. The van der Waals surface area contributed by atoms with Crippen molar-refractivity contribution in [2.75, 3.05) is 18.4 Å². The van der Waals surface area contributed by atoms with Crippen LogP contribution >= 0.6 is 0 Å². The highest BCUT2D eigenvalue weighted by molar-refractivity contribution is 7.92. The van der Waals surface area contributed by atoms with E-state index >= 15 is 0 Å². The molecule has 0 aliphatic carbocycles. The molecule has 10 heteroatoms. The van der Waals surface area contributed by atoms with Gasteiger partial charge in [-0.15, -0.1) is 0 Å². The molecule has 0 fully saturated rings. The predicted octanol–water partition coefficient (Wildman–Crippen LogP) is 3.29. The van der Waals surface area contributed by atoms with Crippen LogP contribution in [0.2, 0.25) is 0 Å². The first-order valence-electron chi connectivity index (χ1n) is 10.9. The fourth-order valence-electron chi connectivity index (χ4n) is 3.12. The van der Waals surface area contributed by atoms with Gasteiger partial charge in [0.15, 0.2) is 0 Å². The van der Waals surface area contributed by atoms with Crippen LogP contribution in [0.5, 0.6) is 11.5 Å². The van der Waals surface area contributed by atoms with Crippen LogP contribution in [0.1, 0.15) is 29.3 Å².